The summed E-state index contributed by atoms with van der Waals surface area (Å²) >= 11 is 0. The van der Waals surface area contributed by atoms with Crippen molar-refractivity contribution in [2.45, 2.75) is 19.3 Å². The van der Waals surface area contributed by atoms with Crippen molar-refractivity contribution in [3.8, 4) is 0 Å². The topological polar surface area (TPSA) is 55.1 Å². The van der Waals surface area contributed by atoms with Crippen LogP contribution in [0.25, 0.3) is 0 Å². The Morgan fingerprint density at radius 3 is 2.67 bits per heavy atom. The summed E-state index contributed by atoms with van der Waals surface area (Å²) in [7, 11) is 1.64. The number of nitrogens with two attached hydrogens (primary N) is 1. The molecule has 0 saturated carbocycles. The van der Waals surface area contributed by atoms with Crippen molar-refractivity contribution in [1.29, 1.82) is 0 Å². The standard InChI is InChI=1S/C6H14N2O/c1-8-6(9)4-2-3-5-7/h2-5,7H2,1H3,(H,8,9). The Kier molecular flexibility index (Phi) is 5.21. The van der Waals surface area contributed by atoms with Crippen molar-refractivity contribution in [2.24, 2.45) is 5.73 Å². The lowest BCUT2D eigenvalue weighted by atomic mass is 10.2. The first-order valence-corrected chi connectivity index (χ1v) is 3.22. The van der Waals surface area contributed by atoms with Gasteiger partial charge in [-0.2, -0.15) is 0 Å². The predicted molar refractivity (Wildman–Crippen MR) is 37.0 cm³/mol. The highest BCUT2D eigenvalue weighted by Crippen LogP contribution is 1.91. The largest absolute Gasteiger partial charge is 0.359 e. The van der Waals surface area contributed by atoms with Crippen LogP contribution >= 0.6 is 0 Å². The quantitative estimate of drug-likeness (QED) is 0.520. The van der Waals surface area contributed by atoms with Gasteiger partial charge < -0.3 is 11.1 Å². The maximum absolute atomic E-state index is 10.5. The van der Waals surface area contributed by atoms with Gasteiger partial charge in [0.2, 0.25) is 5.91 Å². The molecule has 0 aliphatic heterocycles. The minimum absolute atomic E-state index is 0.100. The van der Waals surface area contributed by atoms with Crippen LogP contribution in [0.4, 0.5) is 0 Å². The maximum atomic E-state index is 10.5. The molecule has 0 fully saturated rings. The van der Waals surface area contributed by atoms with Gasteiger partial charge >= 0.3 is 0 Å². The summed E-state index contributed by atoms with van der Waals surface area (Å²) in [6, 6.07) is 0. The minimum atomic E-state index is 0.100. The molecule has 3 N–H and O–H groups in total. The zero-order chi connectivity index (χ0) is 7.11. The van der Waals surface area contributed by atoms with E-state index in [2.05, 4.69) is 5.32 Å². The predicted octanol–water partition coefficient (Wildman–Crippen LogP) is -0.139. The number of amides is 1. The molecule has 0 aromatic rings. The summed E-state index contributed by atoms with van der Waals surface area (Å²) in [4.78, 5) is 10.5. The first-order chi connectivity index (χ1) is 4.31. The van der Waals surface area contributed by atoms with Gasteiger partial charge in [-0.15, -0.1) is 0 Å². The molecule has 0 radical (unpaired) electrons. The van der Waals surface area contributed by atoms with Crippen LogP contribution in [0.3, 0.4) is 0 Å². The molecule has 0 heterocycles. The van der Waals surface area contributed by atoms with Crippen LogP contribution in [0, 0.1) is 0 Å². The average Bonchev–Trinajstić information content (AvgIpc) is 1.89. The van der Waals surface area contributed by atoms with Gasteiger partial charge in [-0.1, -0.05) is 0 Å². The van der Waals surface area contributed by atoms with Gasteiger partial charge in [0.15, 0.2) is 0 Å². The van der Waals surface area contributed by atoms with Crippen LogP contribution in [-0.4, -0.2) is 19.5 Å². The zero-order valence-corrected chi connectivity index (χ0v) is 5.81. The van der Waals surface area contributed by atoms with E-state index in [1.54, 1.807) is 7.05 Å². The second-order valence-electron chi connectivity index (χ2n) is 1.92. The molecule has 1 amide bonds. The monoisotopic (exact) mass is 130 g/mol. The Balaban J connectivity index is 2.97. The third-order valence-electron chi connectivity index (χ3n) is 1.14. The normalized spacial score (nSPS) is 9.11. The lowest BCUT2D eigenvalue weighted by Crippen LogP contribution is -2.17. The van der Waals surface area contributed by atoms with E-state index in [1.807, 2.05) is 0 Å². The van der Waals surface area contributed by atoms with Gasteiger partial charge in [-0.3, -0.25) is 4.79 Å². The lowest BCUT2D eigenvalue weighted by molar-refractivity contribution is -0.120. The molecule has 9 heavy (non-hydrogen) atoms. The molecular weight excluding hydrogens is 116 g/mol. The molecule has 0 aliphatic rings. The summed E-state index contributed by atoms with van der Waals surface area (Å²) in [6.07, 6.45) is 2.44. The van der Waals surface area contributed by atoms with Crippen molar-refractivity contribution in [3.05, 3.63) is 0 Å². The van der Waals surface area contributed by atoms with Gasteiger partial charge in [0.1, 0.15) is 0 Å². The molecule has 0 bridgehead atoms. The van der Waals surface area contributed by atoms with Crippen molar-refractivity contribution >= 4 is 5.91 Å². The zero-order valence-electron chi connectivity index (χ0n) is 5.81. The van der Waals surface area contributed by atoms with Gasteiger partial charge in [-0.25, -0.2) is 0 Å². The summed E-state index contributed by atoms with van der Waals surface area (Å²) in [5.74, 6) is 0.100. The fourth-order valence-corrected chi connectivity index (χ4v) is 0.555. The number of hydrogen-bond donors (Lipinski definition) is 2. The molecule has 0 unspecified atom stereocenters. The number of carbonyl (C=O) groups excluding carboxylic acids is 1. The molecule has 0 aliphatic carbocycles. The fourth-order valence-electron chi connectivity index (χ4n) is 0.555. The molecule has 3 nitrogen and oxygen atoms in total. The highest BCUT2D eigenvalue weighted by molar-refractivity contribution is 5.75. The van der Waals surface area contributed by atoms with Crippen molar-refractivity contribution in [2.75, 3.05) is 13.6 Å². The highest BCUT2D eigenvalue weighted by Gasteiger charge is 1.94. The second-order valence-corrected chi connectivity index (χ2v) is 1.92. The van der Waals surface area contributed by atoms with Gasteiger partial charge in [-0.05, 0) is 19.4 Å². The molecule has 0 aromatic carbocycles. The number of carbonyl (C=O) groups is 1. The molecule has 3 heteroatoms. The van der Waals surface area contributed by atoms with Crippen LogP contribution in [0.1, 0.15) is 19.3 Å². The Morgan fingerprint density at radius 2 is 2.22 bits per heavy atom. The van der Waals surface area contributed by atoms with E-state index in [0.717, 1.165) is 12.8 Å². The third-order valence-corrected chi connectivity index (χ3v) is 1.14. The molecule has 0 spiro atoms. The molecule has 0 atom stereocenters. The van der Waals surface area contributed by atoms with Crippen LogP contribution in [0.2, 0.25) is 0 Å². The fraction of sp³-hybridized carbons (Fsp3) is 0.833. The van der Waals surface area contributed by atoms with Crippen LogP contribution in [0.5, 0.6) is 0 Å². The lowest BCUT2D eigenvalue weighted by Gasteiger charge is -1.96. The van der Waals surface area contributed by atoms with Crippen LogP contribution < -0.4 is 11.1 Å². The molecule has 0 rings (SSSR count). The number of unbranched alkanes of at least 4 members (excludes halogenated alkanes) is 1. The first-order valence-electron chi connectivity index (χ1n) is 3.22. The molecule has 54 valence electrons. The number of hydrogen-bond acceptors (Lipinski definition) is 2. The summed E-state index contributed by atoms with van der Waals surface area (Å²) in [6.45, 7) is 0.678. The van der Waals surface area contributed by atoms with Gasteiger partial charge in [0.05, 0.1) is 0 Å². The van der Waals surface area contributed by atoms with E-state index in [1.165, 1.54) is 0 Å². The summed E-state index contributed by atoms with van der Waals surface area (Å²) < 4.78 is 0. The van der Waals surface area contributed by atoms with E-state index in [0.29, 0.717) is 13.0 Å². The molecule has 0 saturated heterocycles. The average molecular weight is 130 g/mol. The van der Waals surface area contributed by atoms with E-state index in [9.17, 15) is 4.79 Å². The minimum Gasteiger partial charge on any atom is -0.359 e. The smallest absolute Gasteiger partial charge is 0.219 e. The SMILES string of the molecule is CNC(=O)CCCCN. The Bertz CT molecular complexity index is 83.1. The number of rotatable bonds is 4. The molecule has 0 aromatic heterocycles. The summed E-state index contributed by atoms with van der Waals surface area (Å²) in [5.41, 5.74) is 5.22. The van der Waals surface area contributed by atoms with Gasteiger partial charge in [0.25, 0.3) is 0 Å². The Morgan fingerprint density at radius 1 is 1.56 bits per heavy atom. The van der Waals surface area contributed by atoms with E-state index in [4.69, 9.17) is 5.73 Å². The van der Waals surface area contributed by atoms with Crippen LogP contribution in [0.15, 0.2) is 0 Å². The maximum Gasteiger partial charge on any atom is 0.219 e. The summed E-state index contributed by atoms with van der Waals surface area (Å²) in [5, 5.41) is 2.54. The van der Waals surface area contributed by atoms with Crippen LogP contribution in [-0.2, 0) is 4.79 Å². The highest BCUT2D eigenvalue weighted by atomic mass is 16.1. The van der Waals surface area contributed by atoms with Crippen molar-refractivity contribution < 1.29 is 4.79 Å². The van der Waals surface area contributed by atoms with Gasteiger partial charge in [0, 0.05) is 13.5 Å². The molecular formula is C6H14N2O. The first kappa shape index (κ1) is 8.43. The van der Waals surface area contributed by atoms with Crippen molar-refractivity contribution in [3.63, 3.8) is 0 Å². The third kappa shape index (κ3) is 5.30. The second kappa shape index (κ2) is 5.56. The van der Waals surface area contributed by atoms with Crippen molar-refractivity contribution in [1.82, 2.24) is 5.32 Å². The van der Waals surface area contributed by atoms with E-state index >= 15 is 0 Å². The Labute approximate surface area is 55.6 Å². The Hall–Kier alpha value is -0.570. The van der Waals surface area contributed by atoms with E-state index in [-0.39, 0.29) is 5.91 Å². The number of nitrogens with one attached hydrogen (secondary N) is 1. The van der Waals surface area contributed by atoms with E-state index < -0.39 is 0 Å².